The molecule has 3 aliphatic heterocycles. The van der Waals surface area contributed by atoms with E-state index in [1.807, 2.05) is 25.9 Å². The predicted molar refractivity (Wildman–Crippen MR) is 174 cm³/mol. The van der Waals surface area contributed by atoms with Crippen molar-refractivity contribution in [1.82, 2.24) is 15.5 Å². The Balaban J connectivity index is 2.18. The fraction of sp³-hybridized carbons (Fsp3) is 0.794. The van der Waals surface area contributed by atoms with E-state index < -0.39 is 89.5 Å². The van der Waals surface area contributed by atoms with Crippen LogP contribution in [-0.2, 0) is 38.1 Å². The van der Waals surface area contributed by atoms with E-state index in [0.29, 0.717) is 6.42 Å². The van der Waals surface area contributed by atoms with Gasteiger partial charge in [0.2, 0.25) is 0 Å². The van der Waals surface area contributed by atoms with Crippen LogP contribution in [0.3, 0.4) is 0 Å². The van der Waals surface area contributed by atoms with Crippen molar-refractivity contribution in [2.45, 2.75) is 129 Å². The van der Waals surface area contributed by atoms with E-state index in [1.165, 1.54) is 13.0 Å². The van der Waals surface area contributed by atoms with Gasteiger partial charge in [0, 0.05) is 30.3 Å². The number of rotatable bonds is 7. The maximum Gasteiger partial charge on any atom is 0.408 e. The minimum absolute atomic E-state index is 0.0777. The van der Waals surface area contributed by atoms with Crippen LogP contribution in [0.1, 0.15) is 74.7 Å². The molecule has 0 aromatic carbocycles. The van der Waals surface area contributed by atoms with Crippen LogP contribution in [0.2, 0.25) is 0 Å². The lowest BCUT2D eigenvalue weighted by Crippen LogP contribution is -2.60. The third-order valence-corrected chi connectivity index (χ3v) is 10.2. The van der Waals surface area contributed by atoms with Crippen molar-refractivity contribution < 1.29 is 52.8 Å². The minimum Gasteiger partial charge on any atom is -0.458 e. The van der Waals surface area contributed by atoms with Gasteiger partial charge in [-0.3, -0.25) is 14.4 Å². The number of nitrogens with zero attached hydrogens (tertiary/aromatic N) is 1. The van der Waals surface area contributed by atoms with E-state index in [-0.39, 0.29) is 37.3 Å². The van der Waals surface area contributed by atoms with Gasteiger partial charge in [-0.25, -0.2) is 9.59 Å². The van der Waals surface area contributed by atoms with Gasteiger partial charge in [-0.1, -0.05) is 33.8 Å². The fourth-order valence-corrected chi connectivity index (χ4v) is 7.49. The number of alkyl carbamates (subject to hydrolysis) is 2. The molecule has 3 saturated heterocycles. The molecule has 0 aromatic heterocycles. The molecule has 3 aliphatic rings. The molecular weight excluding hydrogens is 626 g/mol. The number of aliphatic hydroxyl groups is 1. The zero-order valence-electron chi connectivity index (χ0n) is 29.9. The molecule has 3 fully saturated rings. The van der Waals surface area contributed by atoms with Crippen LogP contribution in [-0.4, -0.2) is 114 Å². The Kier molecular flexibility index (Phi) is 12.8. The molecule has 0 aliphatic carbocycles. The van der Waals surface area contributed by atoms with Crippen molar-refractivity contribution in [2.75, 3.05) is 20.6 Å². The number of ether oxygens (including phenoxy) is 5. The van der Waals surface area contributed by atoms with Gasteiger partial charge in [0.25, 0.3) is 0 Å². The number of hydrogen-bond acceptors (Lipinski definition) is 12. The van der Waals surface area contributed by atoms with Crippen molar-refractivity contribution in [3.05, 3.63) is 12.7 Å². The Bertz CT molecular complexity index is 1230. The lowest BCUT2D eigenvalue weighted by molar-refractivity contribution is -0.292. The van der Waals surface area contributed by atoms with Crippen LogP contribution in [0.4, 0.5) is 9.59 Å². The van der Waals surface area contributed by atoms with Crippen molar-refractivity contribution >= 4 is 29.7 Å². The Morgan fingerprint density at radius 2 is 1.75 bits per heavy atom. The maximum absolute atomic E-state index is 14.2. The second-order valence-corrected chi connectivity index (χ2v) is 14.2. The normalized spacial score (nSPS) is 41.4. The summed E-state index contributed by atoms with van der Waals surface area (Å²) in [6.45, 7) is 16.7. The van der Waals surface area contributed by atoms with E-state index in [1.54, 1.807) is 41.5 Å². The Hall–Kier alpha value is -3.07. The summed E-state index contributed by atoms with van der Waals surface area (Å²) in [5, 5.41) is 16.7. The Morgan fingerprint density at radius 3 is 2.33 bits per heavy atom. The largest absolute Gasteiger partial charge is 0.458 e. The average Bonchev–Trinajstić information content (AvgIpc) is 3.34. The standard InChI is InChI=1S/C34H55N3O11/c1-12-14-35-31(42)47-33(8)16-17(3)24(38)19(5)27-34(9,48-32(43)36-27)23(13-2)45-29(41)21(7)25(39)20(6)28(33)46-30-26(40)22(37(10)11)15-18(4)44-30/h12,17-23,26-28,30,40H,1,13-16H2,2-11H3,(H,35,42)(H,36,43)/t17-,18-,19-,20+,21-,22+,23+,26-,27-,28-,30+,33+,34-/m1/s1. The third kappa shape index (κ3) is 8.20. The second kappa shape index (κ2) is 15.6. The Morgan fingerprint density at radius 1 is 1.10 bits per heavy atom. The number of nitrogens with one attached hydrogen (secondary N) is 2. The lowest BCUT2D eigenvalue weighted by Gasteiger charge is -2.47. The highest BCUT2D eigenvalue weighted by molar-refractivity contribution is 6.00. The molecule has 3 N–H and O–H groups in total. The van der Waals surface area contributed by atoms with Gasteiger partial charge in [-0.15, -0.1) is 6.58 Å². The number of esters is 1. The molecule has 0 unspecified atom stereocenters. The quantitative estimate of drug-likeness (QED) is 0.155. The van der Waals surface area contributed by atoms with Crippen LogP contribution in [0.15, 0.2) is 12.7 Å². The van der Waals surface area contributed by atoms with Gasteiger partial charge in [0.05, 0.1) is 12.1 Å². The van der Waals surface area contributed by atoms with Gasteiger partial charge >= 0.3 is 18.2 Å². The molecule has 14 heteroatoms. The molecule has 13 atom stereocenters. The number of aliphatic hydroxyl groups excluding tert-OH is 1. The smallest absolute Gasteiger partial charge is 0.408 e. The van der Waals surface area contributed by atoms with E-state index in [4.69, 9.17) is 23.7 Å². The number of amides is 2. The number of hydrogen-bond donors (Lipinski definition) is 3. The van der Waals surface area contributed by atoms with Crippen molar-refractivity contribution in [3.63, 3.8) is 0 Å². The van der Waals surface area contributed by atoms with Gasteiger partial charge < -0.3 is 44.3 Å². The summed E-state index contributed by atoms with van der Waals surface area (Å²) >= 11 is 0. The first-order valence-electron chi connectivity index (χ1n) is 16.8. The first-order chi connectivity index (χ1) is 22.3. The van der Waals surface area contributed by atoms with Crippen LogP contribution in [0.5, 0.6) is 0 Å². The van der Waals surface area contributed by atoms with Gasteiger partial charge in [-0.2, -0.15) is 0 Å². The van der Waals surface area contributed by atoms with Gasteiger partial charge in [-0.05, 0) is 61.1 Å². The molecule has 272 valence electrons. The molecular formula is C34H55N3O11. The number of cyclic esters (lactones) is 1. The summed E-state index contributed by atoms with van der Waals surface area (Å²) < 4.78 is 30.1. The molecule has 48 heavy (non-hydrogen) atoms. The average molecular weight is 682 g/mol. The number of carbonyl (C=O) groups excluding carboxylic acids is 5. The second-order valence-electron chi connectivity index (χ2n) is 14.2. The third-order valence-electron chi connectivity index (χ3n) is 10.2. The molecule has 0 radical (unpaired) electrons. The number of carbonyl (C=O) groups is 5. The summed E-state index contributed by atoms with van der Waals surface area (Å²) in [6.07, 6.45) is -4.54. The molecule has 3 rings (SSSR count). The van der Waals surface area contributed by atoms with Crippen molar-refractivity contribution in [3.8, 4) is 0 Å². The summed E-state index contributed by atoms with van der Waals surface area (Å²) in [5.74, 6) is -5.81. The fourth-order valence-electron chi connectivity index (χ4n) is 7.49. The van der Waals surface area contributed by atoms with Crippen molar-refractivity contribution in [2.24, 2.45) is 23.7 Å². The highest BCUT2D eigenvalue weighted by Gasteiger charge is 2.57. The predicted octanol–water partition coefficient (Wildman–Crippen LogP) is 2.74. The van der Waals surface area contributed by atoms with E-state index in [0.717, 1.165) is 0 Å². The zero-order chi connectivity index (χ0) is 36.3. The minimum atomic E-state index is -1.69. The summed E-state index contributed by atoms with van der Waals surface area (Å²) in [6, 6.07) is -1.23. The van der Waals surface area contributed by atoms with Crippen LogP contribution in [0, 0.1) is 23.7 Å². The topological polar surface area (TPSA) is 179 Å². The molecule has 0 spiro atoms. The monoisotopic (exact) mass is 681 g/mol. The van der Waals surface area contributed by atoms with E-state index in [2.05, 4.69) is 17.2 Å². The number of ketones is 2. The first-order valence-corrected chi connectivity index (χ1v) is 16.8. The van der Waals surface area contributed by atoms with E-state index in [9.17, 15) is 29.1 Å². The van der Waals surface area contributed by atoms with E-state index >= 15 is 0 Å². The Labute approximate surface area is 283 Å². The number of Topliss-reactive ketones (excluding diaryl/α,β-unsaturated/α-hetero) is 2. The van der Waals surface area contributed by atoms with Gasteiger partial charge in [0.1, 0.15) is 35.6 Å². The number of fused-ring (bicyclic) bond motifs is 1. The maximum atomic E-state index is 14.2. The zero-order valence-corrected chi connectivity index (χ0v) is 29.9. The molecule has 2 amide bonds. The first kappa shape index (κ1) is 39.4. The summed E-state index contributed by atoms with van der Waals surface area (Å²) in [7, 11) is 3.64. The molecule has 3 heterocycles. The summed E-state index contributed by atoms with van der Waals surface area (Å²) in [4.78, 5) is 69.5. The molecule has 14 nitrogen and oxygen atoms in total. The lowest BCUT2D eigenvalue weighted by atomic mass is 9.73. The highest BCUT2D eigenvalue weighted by atomic mass is 16.7. The summed E-state index contributed by atoms with van der Waals surface area (Å²) in [5.41, 5.74) is -3.11. The van der Waals surface area contributed by atoms with Gasteiger partial charge in [0.15, 0.2) is 17.7 Å². The number of likely N-dealkylation sites (N-methyl/N-ethyl adjacent to an activating group) is 1. The van der Waals surface area contributed by atoms with Crippen molar-refractivity contribution in [1.29, 1.82) is 0 Å². The molecule has 0 bridgehead atoms. The van der Waals surface area contributed by atoms with Crippen LogP contribution < -0.4 is 10.6 Å². The SMILES string of the molecule is C=CCNC(=O)O[C@@]1(C)C[C@@H](C)C(=O)[C@@H](C)[C@H]2NC(=O)O[C@]2(C)[C@H](CC)OC(=O)[C@H](C)C(=O)[C@H](C)[C@H]1O[C@@H]1O[C@H](C)C[C@H](N(C)C)[C@H]1O. The molecule has 0 aromatic rings. The van der Waals surface area contributed by atoms with Crippen LogP contribution in [0.25, 0.3) is 0 Å². The highest BCUT2D eigenvalue weighted by Crippen LogP contribution is 2.40. The van der Waals surface area contributed by atoms with Crippen LogP contribution >= 0.6 is 0 Å². The molecule has 0 saturated carbocycles.